The van der Waals surface area contributed by atoms with Crippen molar-refractivity contribution in [1.82, 2.24) is 4.98 Å². The third-order valence-corrected chi connectivity index (χ3v) is 6.05. The standard InChI is InChI=1S/C23H21N3OS/c1-2-6-16-9-11-18(12-10-16)22-20(13-24)26(21(22)14-27)23-25-19(15-28-23)17-7-4-3-5-8-17/h2-12,15,20-22,27H,14H2,1H3/b6-2+/t20-,21-,22+/m0/s1. The van der Waals surface area contributed by atoms with E-state index in [9.17, 15) is 10.4 Å². The average Bonchev–Trinajstić information content (AvgIpc) is 3.19. The number of allylic oxidation sites excluding steroid dienone is 1. The smallest absolute Gasteiger partial charge is 0.187 e. The highest BCUT2D eigenvalue weighted by atomic mass is 32.1. The van der Waals surface area contributed by atoms with E-state index in [1.807, 2.05) is 59.7 Å². The van der Waals surface area contributed by atoms with Crippen LogP contribution in [0.5, 0.6) is 0 Å². The van der Waals surface area contributed by atoms with Crippen LogP contribution in [0.4, 0.5) is 5.13 Å². The Morgan fingerprint density at radius 3 is 2.57 bits per heavy atom. The lowest BCUT2D eigenvalue weighted by molar-refractivity contribution is 0.187. The van der Waals surface area contributed by atoms with Crippen LogP contribution in [-0.2, 0) is 0 Å². The maximum absolute atomic E-state index is 10.0. The Hall–Kier alpha value is -2.94. The van der Waals surface area contributed by atoms with Crippen LogP contribution in [0.3, 0.4) is 0 Å². The number of aliphatic hydroxyl groups excluding tert-OH is 1. The van der Waals surface area contributed by atoms with Crippen molar-refractivity contribution >= 4 is 22.5 Å². The Kier molecular flexibility index (Phi) is 5.25. The molecule has 0 saturated carbocycles. The van der Waals surface area contributed by atoms with E-state index >= 15 is 0 Å². The Labute approximate surface area is 169 Å². The first kappa shape index (κ1) is 18.4. The van der Waals surface area contributed by atoms with E-state index in [-0.39, 0.29) is 24.6 Å². The van der Waals surface area contributed by atoms with Crippen LogP contribution in [0, 0.1) is 11.3 Å². The molecule has 3 atom stereocenters. The molecule has 28 heavy (non-hydrogen) atoms. The van der Waals surface area contributed by atoms with Gasteiger partial charge in [-0.1, -0.05) is 66.7 Å². The van der Waals surface area contributed by atoms with Gasteiger partial charge in [0, 0.05) is 16.9 Å². The minimum atomic E-state index is -0.334. The fourth-order valence-corrected chi connectivity index (χ4v) is 4.74. The van der Waals surface area contributed by atoms with Gasteiger partial charge in [-0.15, -0.1) is 11.3 Å². The van der Waals surface area contributed by atoms with Crippen LogP contribution < -0.4 is 4.90 Å². The van der Waals surface area contributed by atoms with Crippen molar-refractivity contribution in [2.45, 2.75) is 24.9 Å². The summed E-state index contributed by atoms with van der Waals surface area (Å²) in [5.41, 5.74) is 4.16. The second-order valence-corrected chi connectivity index (χ2v) is 7.64. The number of hydrogen-bond acceptors (Lipinski definition) is 5. The molecule has 4 nitrogen and oxygen atoms in total. The Balaban J connectivity index is 1.61. The lowest BCUT2D eigenvalue weighted by Crippen LogP contribution is -2.63. The molecule has 1 aromatic heterocycles. The Morgan fingerprint density at radius 2 is 1.93 bits per heavy atom. The first-order valence-corrected chi connectivity index (χ1v) is 10.2. The van der Waals surface area contributed by atoms with Crippen molar-refractivity contribution in [3.63, 3.8) is 0 Å². The summed E-state index contributed by atoms with van der Waals surface area (Å²) >= 11 is 1.52. The van der Waals surface area contributed by atoms with Gasteiger partial charge >= 0.3 is 0 Å². The zero-order valence-corrected chi connectivity index (χ0v) is 16.4. The molecule has 1 saturated heterocycles. The monoisotopic (exact) mass is 387 g/mol. The fourth-order valence-electron chi connectivity index (χ4n) is 3.82. The van der Waals surface area contributed by atoms with Gasteiger partial charge in [-0.25, -0.2) is 4.98 Å². The van der Waals surface area contributed by atoms with Gasteiger partial charge in [0.25, 0.3) is 0 Å². The normalized spacial score (nSPS) is 21.5. The molecule has 1 fully saturated rings. The van der Waals surface area contributed by atoms with Crippen molar-refractivity contribution in [2.24, 2.45) is 0 Å². The van der Waals surface area contributed by atoms with Gasteiger partial charge in [0.05, 0.1) is 24.4 Å². The van der Waals surface area contributed by atoms with Crippen molar-refractivity contribution < 1.29 is 5.11 Å². The van der Waals surface area contributed by atoms with Crippen molar-refractivity contribution in [1.29, 1.82) is 5.26 Å². The predicted octanol–water partition coefficient (Wildman–Crippen LogP) is 4.70. The van der Waals surface area contributed by atoms with Crippen LogP contribution in [0.1, 0.15) is 24.0 Å². The van der Waals surface area contributed by atoms with Crippen LogP contribution in [0.15, 0.2) is 66.1 Å². The summed E-state index contributed by atoms with van der Waals surface area (Å²) in [6.45, 7) is 1.97. The molecule has 5 heteroatoms. The average molecular weight is 388 g/mol. The molecule has 1 aliphatic heterocycles. The van der Waals surface area contributed by atoms with Gasteiger partial charge < -0.3 is 10.0 Å². The number of hydrogen-bond donors (Lipinski definition) is 1. The molecule has 3 aromatic rings. The van der Waals surface area contributed by atoms with E-state index in [4.69, 9.17) is 4.98 Å². The minimum Gasteiger partial charge on any atom is -0.394 e. The molecule has 1 N–H and O–H groups in total. The molecule has 0 bridgehead atoms. The number of rotatable bonds is 5. The Morgan fingerprint density at radius 1 is 1.18 bits per heavy atom. The molecule has 140 valence electrons. The van der Waals surface area contributed by atoms with Gasteiger partial charge in [0.15, 0.2) is 5.13 Å². The second-order valence-electron chi connectivity index (χ2n) is 6.80. The second kappa shape index (κ2) is 7.97. The van der Waals surface area contributed by atoms with Crippen LogP contribution >= 0.6 is 11.3 Å². The zero-order valence-electron chi connectivity index (χ0n) is 15.6. The van der Waals surface area contributed by atoms with E-state index < -0.39 is 0 Å². The van der Waals surface area contributed by atoms with E-state index in [1.165, 1.54) is 11.3 Å². The van der Waals surface area contributed by atoms with E-state index in [0.29, 0.717) is 0 Å². The van der Waals surface area contributed by atoms with E-state index in [1.54, 1.807) is 0 Å². The SMILES string of the molecule is C/C=C/c1ccc([C@@H]2[C@H](C#N)N(c3nc(-c4ccccc4)cs3)[C@H]2CO)cc1. The predicted molar refractivity (Wildman–Crippen MR) is 114 cm³/mol. The lowest BCUT2D eigenvalue weighted by atomic mass is 9.76. The third kappa shape index (κ3) is 3.22. The van der Waals surface area contributed by atoms with Gasteiger partial charge in [0.1, 0.15) is 6.04 Å². The molecule has 0 radical (unpaired) electrons. The number of nitrogens with zero attached hydrogens (tertiary/aromatic N) is 3. The number of aromatic nitrogens is 1. The molecule has 4 rings (SSSR count). The Bertz CT molecular complexity index is 1000. The van der Waals surface area contributed by atoms with Crippen molar-refractivity contribution in [3.8, 4) is 17.3 Å². The van der Waals surface area contributed by atoms with Gasteiger partial charge in [-0.05, 0) is 18.1 Å². The number of thiazole rings is 1. The molecular formula is C23H21N3OS. The topological polar surface area (TPSA) is 60.2 Å². The van der Waals surface area contributed by atoms with Crippen LogP contribution in [-0.4, -0.2) is 28.8 Å². The molecular weight excluding hydrogens is 366 g/mol. The van der Waals surface area contributed by atoms with Crippen LogP contribution in [0.2, 0.25) is 0 Å². The van der Waals surface area contributed by atoms with Gasteiger partial charge in [-0.2, -0.15) is 5.26 Å². The summed E-state index contributed by atoms with van der Waals surface area (Å²) in [5.74, 6) is -0.0290. The van der Waals surface area contributed by atoms with E-state index in [0.717, 1.165) is 27.5 Å². The molecule has 2 aromatic carbocycles. The number of benzene rings is 2. The molecule has 0 aliphatic carbocycles. The molecule has 2 heterocycles. The number of anilines is 1. The van der Waals surface area contributed by atoms with Crippen LogP contribution in [0.25, 0.3) is 17.3 Å². The summed E-state index contributed by atoms with van der Waals surface area (Å²) in [6, 6.07) is 20.2. The maximum atomic E-state index is 10.0. The van der Waals surface area contributed by atoms with Crippen molar-refractivity contribution in [2.75, 3.05) is 11.5 Å². The summed E-state index contributed by atoms with van der Waals surface area (Å²) in [7, 11) is 0. The summed E-state index contributed by atoms with van der Waals surface area (Å²) in [4.78, 5) is 6.70. The maximum Gasteiger partial charge on any atom is 0.187 e. The van der Waals surface area contributed by atoms with Gasteiger partial charge in [0.2, 0.25) is 0 Å². The number of aliphatic hydroxyl groups is 1. The highest BCUT2D eigenvalue weighted by molar-refractivity contribution is 7.14. The van der Waals surface area contributed by atoms with Crippen molar-refractivity contribution in [3.05, 3.63) is 77.2 Å². The molecule has 1 aliphatic rings. The summed E-state index contributed by atoms with van der Waals surface area (Å²) < 4.78 is 0. The number of nitriles is 1. The first-order valence-electron chi connectivity index (χ1n) is 9.29. The molecule has 0 amide bonds. The largest absolute Gasteiger partial charge is 0.394 e. The first-order chi connectivity index (χ1) is 13.8. The molecule has 0 unspecified atom stereocenters. The highest BCUT2D eigenvalue weighted by Crippen LogP contribution is 2.45. The van der Waals surface area contributed by atoms with E-state index in [2.05, 4.69) is 30.3 Å². The fraction of sp³-hybridized carbons (Fsp3) is 0.217. The quantitative estimate of drug-likeness (QED) is 0.689. The minimum absolute atomic E-state index is 0.0142. The summed E-state index contributed by atoms with van der Waals surface area (Å²) in [5, 5.41) is 22.6. The van der Waals surface area contributed by atoms with Gasteiger partial charge in [-0.3, -0.25) is 0 Å². The summed E-state index contributed by atoms with van der Waals surface area (Å²) in [6.07, 6.45) is 4.05. The highest BCUT2D eigenvalue weighted by Gasteiger charge is 2.50. The molecule has 0 spiro atoms. The third-order valence-electron chi connectivity index (χ3n) is 5.19. The lowest BCUT2D eigenvalue weighted by Gasteiger charge is -2.51. The zero-order chi connectivity index (χ0) is 19.5.